The van der Waals surface area contributed by atoms with Crippen LogP contribution in [0.25, 0.3) is 0 Å². The normalized spacial score (nSPS) is 15.4. The van der Waals surface area contributed by atoms with Crippen LogP contribution < -0.4 is 5.73 Å². The summed E-state index contributed by atoms with van der Waals surface area (Å²) in [6.45, 7) is 2.04. The van der Waals surface area contributed by atoms with Crippen molar-refractivity contribution in [3.8, 4) is 0 Å². The molecule has 0 saturated heterocycles. The highest BCUT2D eigenvalue weighted by Crippen LogP contribution is 2.21. The number of nitrogens with two attached hydrogens (primary N) is 1. The van der Waals surface area contributed by atoms with Gasteiger partial charge in [-0.25, -0.2) is 4.39 Å². The fourth-order valence-corrected chi connectivity index (χ4v) is 0.986. The maximum absolute atomic E-state index is 12.8. The van der Waals surface area contributed by atoms with Gasteiger partial charge in [0.05, 0.1) is 5.69 Å². The summed E-state index contributed by atoms with van der Waals surface area (Å²) in [6.07, 6.45) is 1.40. The number of nitrogens with zero attached hydrogens (tertiary/aromatic N) is 1. The molecule has 1 unspecified atom stereocenters. The quantitative estimate of drug-likeness (QED) is 0.763. The molecule has 1 aromatic rings. The van der Waals surface area contributed by atoms with E-state index in [0.717, 1.165) is 0 Å². The Hall–Kier alpha value is -1.00. The number of methoxy groups -OCH3 is 1. The molecule has 4 heteroatoms. The highest BCUT2D eigenvalue weighted by Gasteiger charge is 2.26. The molecule has 1 heterocycles. The van der Waals surface area contributed by atoms with E-state index >= 15 is 0 Å². The molecule has 2 N–H and O–H groups in total. The SMILES string of the molecule is COC(C)(CN)c1cc(F)ccn1. The van der Waals surface area contributed by atoms with Crippen LogP contribution in [0.15, 0.2) is 18.3 Å². The van der Waals surface area contributed by atoms with Gasteiger partial charge < -0.3 is 10.5 Å². The molecule has 0 bridgehead atoms. The lowest BCUT2D eigenvalue weighted by atomic mass is 10.0. The van der Waals surface area contributed by atoms with Gasteiger partial charge in [0, 0.05) is 19.9 Å². The summed E-state index contributed by atoms with van der Waals surface area (Å²) in [7, 11) is 1.53. The number of hydrogen-bond acceptors (Lipinski definition) is 3. The van der Waals surface area contributed by atoms with Crippen molar-refractivity contribution >= 4 is 0 Å². The van der Waals surface area contributed by atoms with Crippen molar-refractivity contribution in [2.45, 2.75) is 12.5 Å². The standard InChI is InChI=1S/C9H13FN2O/c1-9(6-11,13-2)8-5-7(10)3-4-12-8/h3-5H,6,11H2,1-2H3. The van der Waals surface area contributed by atoms with Crippen LogP contribution in [-0.2, 0) is 10.3 Å². The second kappa shape index (κ2) is 3.81. The highest BCUT2D eigenvalue weighted by molar-refractivity contribution is 5.14. The Kier molecular flexibility index (Phi) is 2.95. The number of halogens is 1. The third-order valence-corrected chi connectivity index (χ3v) is 2.10. The molecular weight excluding hydrogens is 171 g/mol. The molecule has 0 aliphatic heterocycles. The Morgan fingerprint density at radius 2 is 2.38 bits per heavy atom. The molecule has 0 saturated carbocycles. The van der Waals surface area contributed by atoms with Gasteiger partial charge in [0.15, 0.2) is 0 Å². The Morgan fingerprint density at radius 3 is 2.85 bits per heavy atom. The molecule has 0 fully saturated rings. The molecular formula is C9H13FN2O. The fraction of sp³-hybridized carbons (Fsp3) is 0.444. The summed E-state index contributed by atoms with van der Waals surface area (Å²) in [5.74, 6) is -0.332. The van der Waals surface area contributed by atoms with Crippen molar-refractivity contribution in [2.75, 3.05) is 13.7 Å². The predicted octanol–water partition coefficient (Wildman–Crippen LogP) is 1.04. The fourth-order valence-electron chi connectivity index (χ4n) is 0.986. The van der Waals surface area contributed by atoms with Crippen LogP contribution in [0.2, 0.25) is 0 Å². The summed E-state index contributed by atoms with van der Waals surface area (Å²) in [5, 5.41) is 0. The zero-order valence-electron chi connectivity index (χ0n) is 7.75. The van der Waals surface area contributed by atoms with Gasteiger partial charge in [-0.15, -0.1) is 0 Å². The Bertz CT molecular complexity index is 287. The number of hydrogen-bond donors (Lipinski definition) is 1. The van der Waals surface area contributed by atoms with E-state index in [1.165, 1.54) is 25.4 Å². The topological polar surface area (TPSA) is 48.1 Å². The van der Waals surface area contributed by atoms with Gasteiger partial charge in [0.2, 0.25) is 0 Å². The van der Waals surface area contributed by atoms with E-state index in [0.29, 0.717) is 5.69 Å². The van der Waals surface area contributed by atoms with E-state index in [-0.39, 0.29) is 12.4 Å². The lowest BCUT2D eigenvalue weighted by Gasteiger charge is -2.25. The summed E-state index contributed by atoms with van der Waals surface area (Å²) < 4.78 is 18.0. The Labute approximate surface area is 76.7 Å². The van der Waals surface area contributed by atoms with Gasteiger partial charge in [-0.2, -0.15) is 0 Å². The molecule has 1 aromatic heterocycles. The average Bonchev–Trinajstić information content (AvgIpc) is 2.17. The third kappa shape index (κ3) is 2.02. The van der Waals surface area contributed by atoms with Crippen molar-refractivity contribution in [2.24, 2.45) is 5.73 Å². The molecule has 0 spiro atoms. The average molecular weight is 184 g/mol. The lowest BCUT2D eigenvalue weighted by molar-refractivity contribution is 0.00614. The van der Waals surface area contributed by atoms with E-state index in [1.807, 2.05) is 0 Å². The van der Waals surface area contributed by atoms with Crippen LogP contribution in [0.1, 0.15) is 12.6 Å². The van der Waals surface area contributed by atoms with E-state index in [2.05, 4.69) is 4.98 Å². The molecule has 0 aromatic carbocycles. The molecule has 1 atom stereocenters. The molecule has 0 aliphatic rings. The molecule has 0 radical (unpaired) electrons. The van der Waals surface area contributed by atoms with Gasteiger partial charge in [0.25, 0.3) is 0 Å². The van der Waals surface area contributed by atoms with Crippen molar-refractivity contribution in [3.63, 3.8) is 0 Å². The first kappa shape index (κ1) is 10.1. The number of ether oxygens (including phenoxy) is 1. The maximum Gasteiger partial charge on any atom is 0.126 e. The largest absolute Gasteiger partial charge is 0.371 e. The monoisotopic (exact) mass is 184 g/mol. The third-order valence-electron chi connectivity index (χ3n) is 2.10. The second-order valence-electron chi connectivity index (χ2n) is 3.00. The summed E-state index contributed by atoms with van der Waals surface area (Å²) in [4.78, 5) is 4.01. The van der Waals surface area contributed by atoms with Gasteiger partial charge in [0.1, 0.15) is 11.4 Å². The highest BCUT2D eigenvalue weighted by atomic mass is 19.1. The molecule has 72 valence electrons. The van der Waals surface area contributed by atoms with Gasteiger partial charge in [-0.1, -0.05) is 0 Å². The van der Waals surface area contributed by atoms with E-state index < -0.39 is 5.60 Å². The first-order valence-electron chi connectivity index (χ1n) is 3.99. The second-order valence-corrected chi connectivity index (χ2v) is 3.00. The van der Waals surface area contributed by atoms with Crippen LogP contribution >= 0.6 is 0 Å². The van der Waals surface area contributed by atoms with Crippen molar-refractivity contribution in [1.82, 2.24) is 4.98 Å². The molecule has 3 nitrogen and oxygen atoms in total. The zero-order valence-corrected chi connectivity index (χ0v) is 7.75. The van der Waals surface area contributed by atoms with E-state index in [9.17, 15) is 4.39 Å². The van der Waals surface area contributed by atoms with Crippen LogP contribution in [0.5, 0.6) is 0 Å². The van der Waals surface area contributed by atoms with Gasteiger partial charge in [-0.05, 0) is 19.1 Å². The van der Waals surface area contributed by atoms with Crippen molar-refractivity contribution in [3.05, 3.63) is 29.8 Å². The predicted molar refractivity (Wildman–Crippen MR) is 47.6 cm³/mol. The minimum absolute atomic E-state index is 0.264. The van der Waals surface area contributed by atoms with E-state index in [4.69, 9.17) is 10.5 Å². The van der Waals surface area contributed by atoms with Crippen molar-refractivity contribution < 1.29 is 9.13 Å². The number of aromatic nitrogens is 1. The summed E-state index contributed by atoms with van der Waals surface area (Å²) in [5.41, 5.74) is 5.32. The summed E-state index contributed by atoms with van der Waals surface area (Å²) in [6, 6.07) is 2.62. The van der Waals surface area contributed by atoms with Crippen molar-refractivity contribution in [1.29, 1.82) is 0 Å². The van der Waals surface area contributed by atoms with Crippen LogP contribution in [0.3, 0.4) is 0 Å². The van der Waals surface area contributed by atoms with Gasteiger partial charge in [-0.3, -0.25) is 4.98 Å². The molecule has 0 amide bonds. The minimum Gasteiger partial charge on any atom is -0.371 e. The van der Waals surface area contributed by atoms with Crippen LogP contribution in [0.4, 0.5) is 4.39 Å². The lowest BCUT2D eigenvalue weighted by Crippen LogP contribution is -2.34. The van der Waals surface area contributed by atoms with Crippen LogP contribution in [-0.4, -0.2) is 18.6 Å². The zero-order chi connectivity index (χ0) is 9.90. The molecule has 13 heavy (non-hydrogen) atoms. The van der Waals surface area contributed by atoms with Gasteiger partial charge >= 0.3 is 0 Å². The summed E-state index contributed by atoms with van der Waals surface area (Å²) >= 11 is 0. The van der Waals surface area contributed by atoms with E-state index in [1.54, 1.807) is 6.92 Å². The minimum atomic E-state index is -0.706. The Balaban J connectivity index is 3.05. The molecule has 1 rings (SSSR count). The first-order chi connectivity index (χ1) is 6.12. The van der Waals surface area contributed by atoms with Crippen LogP contribution in [0, 0.1) is 5.82 Å². The smallest absolute Gasteiger partial charge is 0.126 e. The number of rotatable bonds is 3. The number of pyridine rings is 1. The maximum atomic E-state index is 12.8. The first-order valence-corrected chi connectivity index (χ1v) is 3.99. The molecule has 0 aliphatic carbocycles. The Morgan fingerprint density at radius 1 is 1.69 bits per heavy atom.